The summed E-state index contributed by atoms with van der Waals surface area (Å²) in [6.45, 7) is 0.884. The van der Waals surface area contributed by atoms with Crippen molar-refractivity contribution in [3.05, 3.63) is 40.8 Å². The highest BCUT2D eigenvalue weighted by molar-refractivity contribution is 5.80. The van der Waals surface area contributed by atoms with Crippen LogP contribution in [-0.2, 0) is 6.54 Å². The zero-order valence-electron chi connectivity index (χ0n) is 7.68. The Morgan fingerprint density at radius 2 is 2.14 bits per heavy atom. The van der Waals surface area contributed by atoms with Crippen LogP contribution in [0.15, 0.2) is 35.3 Å². The summed E-state index contributed by atoms with van der Waals surface area (Å²) < 4.78 is 1.39. The van der Waals surface area contributed by atoms with E-state index in [4.69, 9.17) is 5.73 Å². The Hall–Kier alpha value is -1.68. The number of rotatable bonds is 2. The summed E-state index contributed by atoms with van der Waals surface area (Å²) in [4.78, 5) is 11.8. The van der Waals surface area contributed by atoms with Crippen LogP contribution in [0.3, 0.4) is 0 Å². The fourth-order valence-electron chi connectivity index (χ4n) is 1.41. The van der Waals surface area contributed by atoms with Gasteiger partial charge in [-0.25, -0.2) is 4.68 Å². The van der Waals surface area contributed by atoms with E-state index in [1.165, 1.54) is 4.68 Å². The zero-order chi connectivity index (χ0) is 9.97. The summed E-state index contributed by atoms with van der Waals surface area (Å²) in [5, 5.41) is 5.58. The third-order valence-corrected chi connectivity index (χ3v) is 2.10. The average molecular weight is 189 g/mol. The Bertz CT molecular complexity index is 504. The van der Waals surface area contributed by atoms with E-state index in [1.54, 1.807) is 12.3 Å². The Balaban J connectivity index is 2.69. The molecule has 0 bridgehead atoms. The van der Waals surface area contributed by atoms with Crippen LogP contribution in [0, 0.1) is 0 Å². The summed E-state index contributed by atoms with van der Waals surface area (Å²) >= 11 is 0. The monoisotopic (exact) mass is 189 g/mol. The molecular formula is C10H11N3O. The van der Waals surface area contributed by atoms with E-state index in [0.717, 1.165) is 5.39 Å². The third kappa shape index (κ3) is 1.40. The van der Waals surface area contributed by atoms with Gasteiger partial charge in [-0.15, -0.1) is 0 Å². The van der Waals surface area contributed by atoms with Crippen LogP contribution in [0.25, 0.3) is 10.8 Å². The maximum atomic E-state index is 11.8. The van der Waals surface area contributed by atoms with Gasteiger partial charge in [-0.3, -0.25) is 4.79 Å². The molecular weight excluding hydrogens is 178 g/mol. The van der Waals surface area contributed by atoms with Crippen molar-refractivity contribution < 1.29 is 0 Å². The molecule has 1 heterocycles. The van der Waals surface area contributed by atoms with Gasteiger partial charge >= 0.3 is 0 Å². The highest BCUT2D eigenvalue weighted by Crippen LogP contribution is 2.05. The predicted octanol–water partition coefficient (Wildman–Crippen LogP) is 0.355. The number of aromatic nitrogens is 2. The maximum Gasteiger partial charge on any atom is 0.274 e. The highest BCUT2D eigenvalue weighted by atomic mass is 16.1. The number of hydrogen-bond acceptors (Lipinski definition) is 3. The van der Waals surface area contributed by atoms with E-state index < -0.39 is 0 Å². The molecule has 1 aromatic carbocycles. The van der Waals surface area contributed by atoms with Crippen LogP contribution in [0.1, 0.15) is 0 Å². The van der Waals surface area contributed by atoms with Crippen molar-refractivity contribution in [2.45, 2.75) is 6.54 Å². The molecule has 72 valence electrons. The van der Waals surface area contributed by atoms with Crippen LogP contribution < -0.4 is 11.3 Å². The molecule has 0 saturated carbocycles. The van der Waals surface area contributed by atoms with Gasteiger partial charge in [-0.1, -0.05) is 18.2 Å². The predicted molar refractivity (Wildman–Crippen MR) is 55.1 cm³/mol. The molecule has 0 radical (unpaired) electrons. The van der Waals surface area contributed by atoms with Gasteiger partial charge in [-0.05, 0) is 6.07 Å². The van der Waals surface area contributed by atoms with Crippen molar-refractivity contribution >= 4 is 10.8 Å². The van der Waals surface area contributed by atoms with E-state index in [0.29, 0.717) is 18.5 Å². The van der Waals surface area contributed by atoms with Crippen molar-refractivity contribution in [3.63, 3.8) is 0 Å². The van der Waals surface area contributed by atoms with Crippen LogP contribution >= 0.6 is 0 Å². The minimum atomic E-state index is -0.0754. The lowest BCUT2D eigenvalue weighted by atomic mass is 10.2. The maximum absolute atomic E-state index is 11.8. The second-order valence-electron chi connectivity index (χ2n) is 3.05. The molecule has 4 nitrogen and oxygen atoms in total. The van der Waals surface area contributed by atoms with Crippen molar-refractivity contribution in [2.24, 2.45) is 5.73 Å². The van der Waals surface area contributed by atoms with E-state index in [9.17, 15) is 4.79 Å². The molecule has 0 aliphatic rings. The number of fused-ring (bicyclic) bond motifs is 1. The fourth-order valence-corrected chi connectivity index (χ4v) is 1.41. The average Bonchev–Trinajstić information content (AvgIpc) is 2.23. The molecule has 0 saturated heterocycles. The Morgan fingerprint density at radius 1 is 1.36 bits per heavy atom. The summed E-state index contributed by atoms with van der Waals surface area (Å²) in [5.41, 5.74) is 5.30. The van der Waals surface area contributed by atoms with Crippen molar-refractivity contribution in [3.8, 4) is 0 Å². The second-order valence-corrected chi connectivity index (χ2v) is 3.05. The number of benzene rings is 1. The quantitative estimate of drug-likeness (QED) is 0.741. The first-order chi connectivity index (χ1) is 6.83. The second kappa shape index (κ2) is 3.59. The lowest BCUT2D eigenvalue weighted by Crippen LogP contribution is -2.26. The molecule has 4 heteroatoms. The third-order valence-electron chi connectivity index (χ3n) is 2.10. The van der Waals surface area contributed by atoms with Gasteiger partial charge in [-0.2, -0.15) is 5.10 Å². The molecule has 2 aromatic rings. The Labute approximate surface area is 81.0 Å². The van der Waals surface area contributed by atoms with E-state index in [1.807, 2.05) is 18.2 Å². The fraction of sp³-hybridized carbons (Fsp3) is 0.200. The molecule has 0 spiro atoms. The molecule has 0 aliphatic carbocycles. The smallest absolute Gasteiger partial charge is 0.274 e. The largest absolute Gasteiger partial charge is 0.329 e. The molecule has 0 atom stereocenters. The van der Waals surface area contributed by atoms with E-state index in [2.05, 4.69) is 5.10 Å². The SMILES string of the molecule is NCCn1ncc2ccccc2c1=O. The first-order valence-electron chi connectivity index (χ1n) is 4.48. The molecule has 0 unspecified atom stereocenters. The van der Waals surface area contributed by atoms with Gasteiger partial charge in [0.05, 0.1) is 18.1 Å². The molecule has 0 aliphatic heterocycles. The van der Waals surface area contributed by atoms with Gasteiger partial charge in [0.25, 0.3) is 5.56 Å². The number of nitrogens with two attached hydrogens (primary N) is 1. The molecule has 2 N–H and O–H groups in total. The van der Waals surface area contributed by atoms with Gasteiger partial charge in [0.15, 0.2) is 0 Å². The minimum absolute atomic E-state index is 0.0754. The van der Waals surface area contributed by atoms with Crippen LogP contribution in [0.4, 0.5) is 0 Å². The Kier molecular flexibility index (Phi) is 2.28. The molecule has 0 amide bonds. The standard InChI is InChI=1S/C10H11N3O/c11-5-6-13-10(14)9-4-2-1-3-8(9)7-12-13/h1-4,7H,5-6,11H2. The van der Waals surface area contributed by atoms with E-state index in [-0.39, 0.29) is 5.56 Å². The lowest BCUT2D eigenvalue weighted by molar-refractivity contribution is 0.594. The van der Waals surface area contributed by atoms with E-state index >= 15 is 0 Å². The van der Waals surface area contributed by atoms with Crippen LogP contribution in [0.2, 0.25) is 0 Å². The summed E-state index contributed by atoms with van der Waals surface area (Å²) in [6.07, 6.45) is 1.69. The first-order valence-corrected chi connectivity index (χ1v) is 4.48. The number of hydrogen-bond donors (Lipinski definition) is 1. The first kappa shape index (κ1) is 8.90. The molecule has 2 rings (SSSR count). The van der Waals surface area contributed by atoms with Crippen molar-refractivity contribution in [1.82, 2.24) is 9.78 Å². The zero-order valence-corrected chi connectivity index (χ0v) is 7.68. The number of nitrogens with zero attached hydrogens (tertiary/aromatic N) is 2. The topological polar surface area (TPSA) is 60.9 Å². The van der Waals surface area contributed by atoms with Crippen molar-refractivity contribution in [2.75, 3.05) is 6.54 Å². The van der Waals surface area contributed by atoms with Gasteiger partial charge in [0.2, 0.25) is 0 Å². The lowest BCUT2D eigenvalue weighted by Gasteiger charge is -2.03. The Morgan fingerprint density at radius 3 is 2.93 bits per heavy atom. The van der Waals surface area contributed by atoms with Gasteiger partial charge < -0.3 is 5.73 Å². The van der Waals surface area contributed by atoms with Crippen LogP contribution in [-0.4, -0.2) is 16.3 Å². The van der Waals surface area contributed by atoms with Crippen molar-refractivity contribution in [1.29, 1.82) is 0 Å². The molecule has 14 heavy (non-hydrogen) atoms. The molecule has 1 aromatic heterocycles. The summed E-state index contributed by atoms with van der Waals surface area (Å²) in [7, 11) is 0. The summed E-state index contributed by atoms with van der Waals surface area (Å²) in [5.74, 6) is 0. The van der Waals surface area contributed by atoms with Crippen LogP contribution in [0.5, 0.6) is 0 Å². The summed E-state index contributed by atoms with van der Waals surface area (Å²) in [6, 6.07) is 7.40. The minimum Gasteiger partial charge on any atom is -0.329 e. The highest BCUT2D eigenvalue weighted by Gasteiger charge is 2.01. The normalized spacial score (nSPS) is 10.6. The molecule has 0 fully saturated rings. The van der Waals surface area contributed by atoms with Gasteiger partial charge in [0.1, 0.15) is 0 Å². The van der Waals surface area contributed by atoms with Gasteiger partial charge in [0, 0.05) is 11.9 Å².